The molecule has 0 amide bonds. The molecule has 0 aliphatic heterocycles. The van der Waals surface area contributed by atoms with Gasteiger partial charge in [-0.2, -0.15) is 5.26 Å². The highest BCUT2D eigenvalue weighted by Gasteiger charge is 2.18. The van der Waals surface area contributed by atoms with E-state index in [9.17, 15) is 4.79 Å². The summed E-state index contributed by atoms with van der Waals surface area (Å²) in [5, 5.41) is 8.98. The molecule has 0 spiro atoms. The first-order chi connectivity index (χ1) is 8.17. The normalized spacial score (nSPS) is 9.53. The molecule has 1 rings (SSSR count). The lowest BCUT2D eigenvalue weighted by Crippen LogP contribution is -2.08. The Bertz CT molecular complexity index is 466. The Morgan fingerprint density at radius 3 is 2.71 bits per heavy atom. The molecule has 1 aromatic carbocycles. The second-order valence-corrected chi connectivity index (χ2v) is 3.46. The van der Waals surface area contributed by atoms with Gasteiger partial charge in [0, 0.05) is 5.88 Å². The summed E-state index contributed by atoms with van der Waals surface area (Å²) in [5.74, 6) is -0.0851. The number of halogens is 1. The third kappa shape index (κ3) is 2.89. The van der Waals surface area contributed by atoms with Crippen LogP contribution in [0.3, 0.4) is 0 Å². The van der Waals surface area contributed by atoms with Gasteiger partial charge in [0.25, 0.3) is 0 Å². The molecule has 0 N–H and O–H groups in total. The van der Waals surface area contributed by atoms with E-state index < -0.39 is 5.97 Å². The van der Waals surface area contributed by atoms with Crippen LogP contribution in [-0.2, 0) is 10.6 Å². The van der Waals surface area contributed by atoms with E-state index in [1.807, 2.05) is 6.07 Å². The number of esters is 1. The van der Waals surface area contributed by atoms with E-state index in [1.165, 1.54) is 7.11 Å². The van der Waals surface area contributed by atoms with Crippen LogP contribution >= 0.6 is 11.6 Å². The van der Waals surface area contributed by atoms with Crippen molar-refractivity contribution >= 4 is 17.6 Å². The Balaban J connectivity index is 3.35. The highest BCUT2D eigenvalue weighted by Crippen LogP contribution is 2.26. The van der Waals surface area contributed by atoms with Crippen LogP contribution in [0.4, 0.5) is 0 Å². The summed E-state index contributed by atoms with van der Waals surface area (Å²) in [6.07, 6.45) is 0. The van der Waals surface area contributed by atoms with Crippen molar-refractivity contribution in [1.82, 2.24) is 0 Å². The van der Waals surface area contributed by atoms with Gasteiger partial charge in [-0.3, -0.25) is 0 Å². The number of nitrogens with zero attached hydrogens (tertiary/aromatic N) is 1. The monoisotopic (exact) mass is 253 g/mol. The fourth-order valence-electron chi connectivity index (χ4n) is 1.43. The number of methoxy groups -OCH3 is 1. The zero-order chi connectivity index (χ0) is 12.8. The minimum atomic E-state index is -0.521. The predicted octanol–water partition coefficient (Wildman–Crippen LogP) is 2.48. The topological polar surface area (TPSA) is 59.3 Å². The van der Waals surface area contributed by atoms with E-state index in [0.717, 1.165) is 0 Å². The number of rotatable bonds is 4. The number of hydrogen-bond acceptors (Lipinski definition) is 4. The number of carbonyl (C=O) groups excluding carboxylic acids is 1. The number of ether oxygens (including phenoxy) is 2. The fourth-order valence-corrected chi connectivity index (χ4v) is 1.58. The van der Waals surface area contributed by atoms with Crippen molar-refractivity contribution in [2.24, 2.45) is 0 Å². The molecule has 0 aliphatic rings. The van der Waals surface area contributed by atoms with E-state index >= 15 is 0 Å². The number of carbonyl (C=O) groups is 1. The van der Waals surface area contributed by atoms with E-state index in [4.69, 9.17) is 26.3 Å². The first-order valence-electron chi connectivity index (χ1n) is 5.02. The maximum absolute atomic E-state index is 11.7. The Morgan fingerprint density at radius 1 is 1.53 bits per heavy atom. The summed E-state index contributed by atoms with van der Waals surface area (Å²) in [5.41, 5.74) is 1.17. The largest absolute Gasteiger partial charge is 0.494 e. The molecule has 0 saturated carbocycles. The number of alkyl halides is 1. The van der Waals surface area contributed by atoms with Crippen LogP contribution in [0.25, 0.3) is 0 Å². The van der Waals surface area contributed by atoms with Gasteiger partial charge in [-0.1, -0.05) is 0 Å². The number of nitriles is 1. The standard InChI is InChI=1S/C12H12ClNO3/c1-3-17-12(15)10-5-8(6-13)4-9(7-14)11(10)16-2/h4-5H,3,6H2,1-2H3. The van der Waals surface area contributed by atoms with E-state index in [-0.39, 0.29) is 29.4 Å². The minimum Gasteiger partial charge on any atom is -0.494 e. The molecular formula is C12H12ClNO3. The molecule has 0 fully saturated rings. The van der Waals surface area contributed by atoms with Gasteiger partial charge < -0.3 is 9.47 Å². The lowest BCUT2D eigenvalue weighted by atomic mass is 10.1. The summed E-state index contributed by atoms with van der Waals surface area (Å²) in [6, 6.07) is 5.13. The second-order valence-electron chi connectivity index (χ2n) is 3.19. The van der Waals surface area contributed by atoms with Crippen LogP contribution in [-0.4, -0.2) is 19.7 Å². The summed E-state index contributed by atoms with van der Waals surface area (Å²) in [6.45, 7) is 1.97. The van der Waals surface area contributed by atoms with E-state index in [0.29, 0.717) is 5.56 Å². The Morgan fingerprint density at radius 2 is 2.24 bits per heavy atom. The van der Waals surface area contributed by atoms with E-state index in [2.05, 4.69) is 0 Å². The molecule has 5 heteroatoms. The quantitative estimate of drug-likeness (QED) is 0.611. The molecule has 17 heavy (non-hydrogen) atoms. The van der Waals surface area contributed by atoms with Gasteiger partial charge >= 0.3 is 5.97 Å². The SMILES string of the molecule is CCOC(=O)c1cc(CCl)cc(C#N)c1OC. The zero-order valence-electron chi connectivity index (χ0n) is 9.62. The fraction of sp³-hybridized carbons (Fsp3) is 0.333. The van der Waals surface area contributed by atoms with Crippen LogP contribution in [0.2, 0.25) is 0 Å². The minimum absolute atomic E-state index is 0.213. The maximum atomic E-state index is 11.7. The van der Waals surface area contributed by atoms with Crippen molar-refractivity contribution in [3.8, 4) is 11.8 Å². The molecule has 4 nitrogen and oxygen atoms in total. The molecule has 0 atom stereocenters. The average molecular weight is 254 g/mol. The first-order valence-corrected chi connectivity index (χ1v) is 5.55. The molecule has 0 unspecified atom stereocenters. The van der Waals surface area contributed by atoms with Gasteiger partial charge in [0.1, 0.15) is 11.6 Å². The molecule has 0 heterocycles. The third-order valence-electron chi connectivity index (χ3n) is 2.12. The number of hydrogen-bond donors (Lipinski definition) is 0. The molecular weight excluding hydrogens is 242 g/mol. The van der Waals surface area contributed by atoms with Gasteiger partial charge in [-0.15, -0.1) is 11.6 Å². The zero-order valence-corrected chi connectivity index (χ0v) is 10.4. The summed E-state index contributed by atoms with van der Waals surface area (Å²) in [7, 11) is 1.40. The Labute approximate surface area is 105 Å². The third-order valence-corrected chi connectivity index (χ3v) is 2.43. The smallest absolute Gasteiger partial charge is 0.341 e. The summed E-state index contributed by atoms with van der Waals surface area (Å²) < 4.78 is 9.97. The van der Waals surface area contributed by atoms with Crippen LogP contribution in [0.15, 0.2) is 12.1 Å². The van der Waals surface area contributed by atoms with Crippen LogP contribution in [0.1, 0.15) is 28.4 Å². The predicted molar refractivity (Wildman–Crippen MR) is 63.2 cm³/mol. The van der Waals surface area contributed by atoms with Crippen molar-refractivity contribution in [3.63, 3.8) is 0 Å². The highest BCUT2D eigenvalue weighted by molar-refractivity contribution is 6.17. The molecule has 0 saturated heterocycles. The van der Waals surface area contributed by atoms with Crippen LogP contribution in [0.5, 0.6) is 5.75 Å². The van der Waals surface area contributed by atoms with Crippen molar-refractivity contribution in [1.29, 1.82) is 5.26 Å². The molecule has 0 aliphatic carbocycles. The molecule has 0 bridgehead atoms. The summed E-state index contributed by atoms with van der Waals surface area (Å²) >= 11 is 5.70. The molecule has 90 valence electrons. The van der Waals surface area contributed by atoms with Crippen LogP contribution in [0, 0.1) is 11.3 Å². The highest BCUT2D eigenvalue weighted by atomic mass is 35.5. The first kappa shape index (κ1) is 13.3. The van der Waals surface area contributed by atoms with Crippen molar-refractivity contribution in [3.05, 3.63) is 28.8 Å². The van der Waals surface area contributed by atoms with Gasteiger partial charge in [-0.25, -0.2) is 4.79 Å². The van der Waals surface area contributed by atoms with Gasteiger partial charge in [0.15, 0.2) is 5.75 Å². The van der Waals surface area contributed by atoms with Crippen molar-refractivity contribution in [2.45, 2.75) is 12.8 Å². The van der Waals surface area contributed by atoms with Crippen molar-refractivity contribution < 1.29 is 14.3 Å². The Hall–Kier alpha value is -1.73. The van der Waals surface area contributed by atoms with Crippen molar-refractivity contribution in [2.75, 3.05) is 13.7 Å². The Kier molecular flexibility index (Phi) is 4.80. The van der Waals surface area contributed by atoms with Gasteiger partial charge in [-0.05, 0) is 24.6 Å². The molecule has 1 aromatic rings. The average Bonchev–Trinajstić information content (AvgIpc) is 2.37. The maximum Gasteiger partial charge on any atom is 0.341 e. The molecule has 0 radical (unpaired) electrons. The number of benzene rings is 1. The summed E-state index contributed by atoms with van der Waals surface area (Å²) in [4.78, 5) is 11.7. The lowest BCUT2D eigenvalue weighted by molar-refractivity contribution is 0.0522. The van der Waals surface area contributed by atoms with Gasteiger partial charge in [0.05, 0.1) is 19.3 Å². The van der Waals surface area contributed by atoms with Crippen LogP contribution < -0.4 is 4.74 Å². The molecule has 0 aromatic heterocycles. The van der Waals surface area contributed by atoms with E-state index in [1.54, 1.807) is 19.1 Å². The lowest BCUT2D eigenvalue weighted by Gasteiger charge is -2.10. The van der Waals surface area contributed by atoms with Gasteiger partial charge in [0.2, 0.25) is 0 Å². The second kappa shape index (κ2) is 6.12.